The second kappa shape index (κ2) is 7.02. The van der Waals surface area contributed by atoms with E-state index in [0.29, 0.717) is 10.8 Å². The summed E-state index contributed by atoms with van der Waals surface area (Å²) in [6.45, 7) is 0. The Morgan fingerprint density at radius 2 is 2.12 bits per heavy atom. The van der Waals surface area contributed by atoms with E-state index in [9.17, 15) is 4.21 Å². The summed E-state index contributed by atoms with van der Waals surface area (Å²) in [6.07, 6.45) is 8.01. The third-order valence-corrected chi connectivity index (χ3v) is 6.70. The zero-order valence-corrected chi connectivity index (χ0v) is 16.2. The molecule has 0 spiro atoms. The van der Waals surface area contributed by atoms with Gasteiger partial charge in [0.2, 0.25) is 0 Å². The fourth-order valence-corrected chi connectivity index (χ4v) is 5.47. The van der Waals surface area contributed by atoms with Gasteiger partial charge >= 0.3 is 0 Å². The van der Waals surface area contributed by atoms with Gasteiger partial charge in [0.15, 0.2) is 0 Å². The third-order valence-electron chi connectivity index (χ3n) is 4.42. The number of rotatable bonds is 4. The molecule has 0 saturated carbocycles. The van der Waals surface area contributed by atoms with Gasteiger partial charge in [-0.25, -0.2) is 9.97 Å². The molecule has 1 atom stereocenters. The first-order valence-electron chi connectivity index (χ1n) is 8.22. The van der Waals surface area contributed by atoms with Crippen molar-refractivity contribution in [2.45, 2.75) is 31.4 Å². The number of benzene rings is 1. The molecule has 0 bridgehead atoms. The highest BCUT2D eigenvalue weighted by Gasteiger charge is 2.20. The molecule has 1 aliphatic carbocycles. The molecule has 2 aromatic heterocycles. The van der Waals surface area contributed by atoms with E-state index in [4.69, 9.17) is 11.6 Å². The highest BCUT2D eigenvalue weighted by atomic mass is 35.5. The van der Waals surface area contributed by atoms with Crippen molar-refractivity contribution in [3.05, 3.63) is 45.6 Å². The van der Waals surface area contributed by atoms with Crippen LogP contribution in [0.25, 0.3) is 10.2 Å². The van der Waals surface area contributed by atoms with Crippen molar-refractivity contribution in [3.63, 3.8) is 0 Å². The number of fused-ring (bicyclic) bond motifs is 3. The monoisotopic (exact) mass is 391 g/mol. The summed E-state index contributed by atoms with van der Waals surface area (Å²) in [5, 5.41) is 5.21. The van der Waals surface area contributed by atoms with Gasteiger partial charge in [-0.2, -0.15) is 0 Å². The number of aromatic nitrogens is 2. The highest BCUT2D eigenvalue weighted by molar-refractivity contribution is 7.83. The number of nitrogens with zero attached hydrogens (tertiary/aromatic N) is 2. The van der Waals surface area contributed by atoms with Gasteiger partial charge in [-0.1, -0.05) is 11.6 Å². The molecule has 0 saturated heterocycles. The first-order valence-corrected chi connectivity index (χ1v) is 11.1. The lowest BCUT2D eigenvalue weighted by Gasteiger charge is -2.13. The fraction of sp³-hybridized carbons (Fsp3) is 0.333. The lowest BCUT2D eigenvalue weighted by molar-refractivity contribution is 0.686. The summed E-state index contributed by atoms with van der Waals surface area (Å²) in [6, 6.07) is 5.72. The predicted molar refractivity (Wildman–Crippen MR) is 107 cm³/mol. The van der Waals surface area contributed by atoms with E-state index in [2.05, 4.69) is 15.3 Å². The standard InChI is InChI=1S/C18H18ClN3OS2/c1-25(23)9-11-8-12(6-7-14(11)19)22-17-16-13-4-2-3-5-15(13)24-18(16)21-10-20-17/h6-8,10H,2-5,9H2,1H3,(H,20,21,22). The van der Waals surface area contributed by atoms with E-state index in [1.807, 2.05) is 18.2 Å². The Bertz CT molecular complexity index is 970. The Morgan fingerprint density at radius 3 is 2.96 bits per heavy atom. The van der Waals surface area contributed by atoms with E-state index in [-0.39, 0.29) is 0 Å². The third kappa shape index (κ3) is 3.43. The summed E-state index contributed by atoms with van der Waals surface area (Å²) in [5.74, 6) is 1.29. The molecule has 0 radical (unpaired) electrons. The summed E-state index contributed by atoms with van der Waals surface area (Å²) in [5.41, 5.74) is 3.18. The Balaban J connectivity index is 1.74. The maximum Gasteiger partial charge on any atom is 0.142 e. The van der Waals surface area contributed by atoms with Gasteiger partial charge in [0.1, 0.15) is 17.0 Å². The van der Waals surface area contributed by atoms with Gasteiger partial charge in [0, 0.05) is 38.4 Å². The summed E-state index contributed by atoms with van der Waals surface area (Å²) >= 11 is 8.02. The number of nitrogens with one attached hydrogen (secondary N) is 1. The molecule has 4 rings (SSSR count). The van der Waals surface area contributed by atoms with Gasteiger partial charge in [0.05, 0.1) is 5.39 Å². The molecule has 1 unspecified atom stereocenters. The van der Waals surface area contributed by atoms with Gasteiger partial charge in [-0.05, 0) is 55.0 Å². The molecule has 0 fully saturated rings. The average molecular weight is 392 g/mol. The molecule has 3 aromatic rings. The van der Waals surface area contributed by atoms with Crippen LogP contribution >= 0.6 is 22.9 Å². The fourth-order valence-electron chi connectivity index (χ4n) is 3.30. The maximum absolute atomic E-state index is 11.5. The number of aryl methyl sites for hydroxylation is 2. The zero-order chi connectivity index (χ0) is 17.4. The van der Waals surface area contributed by atoms with Crippen LogP contribution in [0.1, 0.15) is 28.8 Å². The topological polar surface area (TPSA) is 54.9 Å². The quantitative estimate of drug-likeness (QED) is 0.690. The number of hydrogen-bond donors (Lipinski definition) is 1. The van der Waals surface area contributed by atoms with Crippen molar-refractivity contribution in [1.29, 1.82) is 0 Å². The lowest BCUT2D eigenvalue weighted by Crippen LogP contribution is -2.01. The molecular formula is C18H18ClN3OS2. The van der Waals surface area contributed by atoms with Gasteiger partial charge in [0.25, 0.3) is 0 Å². The van der Waals surface area contributed by atoms with Crippen LogP contribution in [0.5, 0.6) is 0 Å². The van der Waals surface area contributed by atoms with Crippen LogP contribution in [-0.2, 0) is 29.4 Å². The molecule has 7 heteroatoms. The number of thiophene rings is 1. The number of anilines is 2. The minimum atomic E-state index is -0.935. The minimum absolute atomic E-state index is 0.446. The van der Waals surface area contributed by atoms with Crippen LogP contribution in [0.15, 0.2) is 24.5 Å². The number of hydrogen-bond acceptors (Lipinski definition) is 5. The Kier molecular flexibility index (Phi) is 4.75. The summed E-state index contributed by atoms with van der Waals surface area (Å²) in [7, 11) is -0.935. The van der Waals surface area contributed by atoms with Crippen molar-refractivity contribution >= 4 is 55.5 Å². The van der Waals surface area contributed by atoms with Crippen molar-refractivity contribution < 1.29 is 4.21 Å². The average Bonchev–Trinajstić information content (AvgIpc) is 2.97. The minimum Gasteiger partial charge on any atom is -0.340 e. The van der Waals surface area contributed by atoms with Crippen LogP contribution in [0.3, 0.4) is 0 Å². The van der Waals surface area contributed by atoms with Gasteiger partial charge in [-0.3, -0.25) is 4.21 Å². The molecule has 130 valence electrons. The number of halogens is 1. The van der Waals surface area contributed by atoms with E-state index in [1.54, 1.807) is 23.9 Å². The van der Waals surface area contributed by atoms with Crippen LogP contribution in [0, 0.1) is 0 Å². The van der Waals surface area contributed by atoms with Crippen molar-refractivity contribution in [2.75, 3.05) is 11.6 Å². The Morgan fingerprint density at radius 1 is 1.28 bits per heavy atom. The zero-order valence-electron chi connectivity index (χ0n) is 13.8. The summed E-state index contributed by atoms with van der Waals surface area (Å²) < 4.78 is 11.5. The van der Waals surface area contributed by atoms with Crippen LogP contribution in [0.2, 0.25) is 5.02 Å². The predicted octanol–water partition coefficient (Wildman–Crippen LogP) is 4.85. The van der Waals surface area contributed by atoms with E-state index >= 15 is 0 Å². The molecule has 0 aliphatic heterocycles. The molecule has 0 amide bonds. The highest BCUT2D eigenvalue weighted by Crippen LogP contribution is 2.39. The van der Waals surface area contributed by atoms with Crippen LogP contribution in [0.4, 0.5) is 11.5 Å². The molecular weight excluding hydrogens is 374 g/mol. The molecule has 2 heterocycles. The van der Waals surface area contributed by atoms with Crippen molar-refractivity contribution in [2.24, 2.45) is 0 Å². The molecule has 1 aliphatic rings. The van der Waals surface area contributed by atoms with Crippen LogP contribution in [-0.4, -0.2) is 20.4 Å². The van der Waals surface area contributed by atoms with Crippen molar-refractivity contribution in [1.82, 2.24) is 9.97 Å². The van der Waals surface area contributed by atoms with Gasteiger partial charge in [-0.15, -0.1) is 11.3 Å². The van der Waals surface area contributed by atoms with Gasteiger partial charge < -0.3 is 5.32 Å². The SMILES string of the molecule is CS(=O)Cc1cc(Nc2ncnc3sc4c(c23)CCCC4)ccc1Cl. The Labute approximate surface area is 158 Å². The first-order chi connectivity index (χ1) is 12.1. The second-order valence-corrected chi connectivity index (χ2v) is 9.19. The molecule has 25 heavy (non-hydrogen) atoms. The van der Waals surface area contributed by atoms with E-state index < -0.39 is 10.8 Å². The normalized spacial score (nSPS) is 15.1. The Hall–Kier alpha value is -1.50. The summed E-state index contributed by atoms with van der Waals surface area (Å²) in [4.78, 5) is 11.4. The molecule has 4 nitrogen and oxygen atoms in total. The van der Waals surface area contributed by atoms with E-state index in [1.165, 1.54) is 23.3 Å². The smallest absolute Gasteiger partial charge is 0.142 e. The first kappa shape index (κ1) is 16.9. The van der Waals surface area contributed by atoms with Crippen LogP contribution < -0.4 is 5.32 Å². The van der Waals surface area contributed by atoms with E-state index in [0.717, 1.165) is 40.1 Å². The molecule has 1 aromatic carbocycles. The second-order valence-electron chi connectivity index (χ2n) is 6.26. The largest absolute Gasteiger partial charge is 0.340 e. The lowest BCUT2D eigenvalue weighted by atomic mass is 9.97. The maximum atomic E-state index is 11.5. The molecule has 1 N–H and O–H groups in total. The van der Waals surface area contributed by atoms with Crippen molar-refractivity contribution in [3.8, 4) is 0 Å².